The number of nitrogens with zero attached hydrogens (tertiary/aromatic N) is 4. The standard InChI is InChI=1S/C24H26ClFN6O2S/c1-16(33)27-15-19-13-22(30-34-19)17-6-7-23(21(26)12-17)31-8-10-32(11-9-31)24(35)29-28-14-18-4-2-3-5-20(18)25/h2-7,12,14,19H,8-11,13,15H2,1H3,(H,27,33)(H,29,35)/b28-14-. The zero-order valence-electron chi connectivity index (χ0n) is 19.2. The summed E-state index contributed by atoms with van der Waals surface area (Å²) in [5, 5.41) is 12.1. The van der Waals surface area contributed by atoms with E-state index in [1.807, 2.05) is 34.1 Å². The SMILES string of the molecule is CC(=O)NCC1CC(c2ccc(N3CCN(C(=S)N/N=C\c4ccccc4Cl)CC3)c(F)c2)=NO1. The summed E-state index contributed by atoms with van der Waals surface area (Å²) in [5.74, 6) is -0.437. The monoisotopic (exact) mass is 516 g/mol. The molecule has 2 aliphatic heterocycles. The molecule has 2 aliphatic rings. The predicted octanol–water partition coefficient (Wildman–Crippen LogP) is 3.14. The number of oxime groups is 1. The normalized spacial score (nSPS) is 17.8. The van der Waals surface area contributed by atoms with E-state index < -0.39 is 0 Å². The number of nitrogens with one attached hydrogen (secondary N) is 2. The largest absolute Gasteiger partial charge is 0.390 e. The number of rotatable bonds is 6. The first-order valence-corrected chi connectivity index (χ1v) is 12.0. The Balaban J connectivity index is 1.28. The van der Waals surface area contributed by atoms with Gasteiger partial charge in [0.05, 0.1) is 24.2 Å². The summed E-state index contributed by atoms with van der Waals surface area (Å²) in [6.07, 6.45) is 1.90. The first kappa shape index (κ1) is 24.9. The third-order valence-electron chi connectivity index (χ3n) is 5.77. The number of anilines is 1. The van der Waals surface area contributed by atoms with Gasteiger partial charge in [-0.15, -0.1) is 0 Å². The van der Waals surface area contributed by atoms with Crippen LogP contribution in [0.3, 0.4) is 0 Å². The van der Waals surface area contributed by atoms with Crippen molar-refractivity contribution >= 4 is 52.5 Å². The molecule has 0 bridgehead atoms. The van der Waals surface area contributed by atoms with Crippen molar-refractivity contribution in [2.24, 2.45) is 10.3 Å². The molecule has 1 unspecified atom stereocenters. The molecule has 0 saturated carbocycles. The number of piperazine rings is 1. The zero-order valence-corrected chi connectivity index (χ0v) is 20.8. The maximum absolute atomic E-state index is 15.0. The Bertz CT molecular complexity index is 1150. The Morgan fingerprint density at radius 2 is 2.06 bits per heavy atom. The molecule has 1 atom stereocenters. The topological polar surface area (TPSA) is 81.6 Å². The number of carbonyl (C=O) groups is 1. The van der Waals surface area contributed by atoms with Crippen LogP contribution in [0.1, 0.15) is 24.5 Å². The molecule has 0 radical (unpaired) electrons. The highest BCUT2D eigenvalue weighted by Crippen LogP contribution is 2.25. The molecule has 4 rings (SSSR count). The fraction of sp³-hybridized carbons (Fsp3) is 0.333. The average molecular weight is 517 g/mol. The van der Waals surface area contributed by atoms with Gasteiger partial charge >= 0.3 is 0 Å². The molecule has 8 nitrogen and oxygen atoms in total. The van der Waals surface area contributed by atoms with Gasteiger partial charge in [0.15, 0.2) is 5.11 Å². The van der Waals surface area contributed by atoms with Crippen LogP contribution in [0.25, 0.3) is 0 Å². The number of thiocarbonyl (C=S) groups is 1. The number of hydrogen-bond acceptors (Lipinski definition) is 6. The van der Waals surface area contributed by atoms with Gasteiger partial charge in [-0.25, -0.2) is 4.39 Å². The van der Waals surface area contributed by atoms with Crippen molar-refractivity contribution in [1.82, 2.24) is 15.6 Å². The fourth-order valence-electron chi connectivity index (χ4n) is 3.87. The van der Waals surface area contributed by atoms with Crippen LogP contribution in [0.4, 0.5) is 10.1 Å². The van der Waals surface area contributed by atoms with Gasteiger partial charge in [-0.2, -0.15) is 5.10 Å². The van der Waals surface area contributed by atoms with Crippen LogP contribution in [0.2, 0.25) is 5.02 Å². The molecular formula is C24H26ClFN6O2S. The number of benzene rings is 2. The molecule has 2 aromatic rings. The lowest BCUT2D eigenvalue weighted by Gasteiger charge is -2.37. The van der Waals surface area contributed by atoms with Crippen LogP contribution in [0, 0.1) is 5.82 Å². The van der Waals surface area contributed by atoms with Gasteiger partial charge in [0.1, 0.15) is 11.9 Å². The Morgan fingerprint density at radius 1 is 1.29 bits per heavy atom. The number of amides is 1. The van der Waals surface area contributed by atoms with Crippen LogP contribution in [-0.2, 0) is 9.63 Å². The Kier molecular flexibility index (Phi) is 8.14. The summed E-state index contributed by atoms with van der Waals surface area (Å²) in [4.78, 5) is 20.4. The molecule has 35 heavy (non-hydrogen) atoms. The molecular weight excluding hydrogens is 491 g/mol. The molecule has 184 valence electrons. The minimum atomic E-state index is -0.311. The Hall–Kier alpha value is -3.24. The number of carbonyl (C=O) groups excluding carboxylic acids is 1. The van der Waals surface area contributed by atoms with E-state index in [0.717, 1.165) is 5.56 Å². The molecule has 2 heterocycles. The summed E-state index contributed by atoms with van der Waals surface area (Å²) in [7, 11) is 0. The molecule has 0 aliphatic carbocycles. The second-order valence-corrected chi connectivity index (χ2v) is 9.04. The van der Waals surface area contributed by atoms with Crippen LogP contribution >= 0.6 is 23.8 Å². The summed E-state index contributed by atoms with van der Waals surface area (Å²) < 4.78 is 15.0. The summed E-state index contributed by atoms with van der Waals surface area (Å²) in [6, 6.07) is 12.5. The van der Waals surface area contributed by atoms with Gasteiger partial charge in [-0.1, -0.05) is 41.0 Å². The third kappa shape index (κ3) is 6.46. The summed E-state index contributed by atoms with van der Waals surface area (Å²) in [5.41, 5.74) is 5.57. The van der Waals surface area contributed by atoms with E-state index in [-0.39, 0.29) is 17.8 Å². The van der Waals surface area contributed by atoms with Gasteiger partial charge in [-0.05, 0) is 30.4 Å². The van der Waals surface area contributed by atoms with Gasteiger partial charge in [0.2, 0.25) is 5.91 Å². The van der Waals surface area contributed by atoms with Crippen LogP contribution < -0.4 is 15.6 Å². The second kappa shape index (κ2) is 11.5. The van der Waals surface area contributed by atoms with Crippen molar-refractivity contribution in [2.75, 3.05) is 37.6 Å². The van der Waals surface area contributed by atoms with E-state index in [1.54, 1.807) is 18.3 Å². The van der Waals surface area contributed by atoms with Crippen molar-refractivity contribution in [3.63, 3.8) is 0 Å². The highest BCUT2D eigenvalue weighted by Gasteiger charge is 2.25. The molecule has 1 saturated heterocycles. The van der Waals surface area contributed by atoms with E-state index >= 15 is 0 Å². The minimum Gasteiger partial charge on any atom is -0.390 e. The molecule has 0 aromatic heterocycles. The lowest BCUT2D eigenvalue weighted by molar-refractivity contribution is -0.119. The Morgan fingerprint density at radius 3 is 2.77 bits per heavy atom. The van der Waals surface area contributed by atoms with Gasteiger partial charge in [0.25, 0.3) is 0 Å². The molecule has 2 N–H and O–H groups in total. The number of halogens is 2. The molecule has 0 spiro atoms. The highest BCUT2D eigenvalue weighted by atomic mass is 35.5. The molecule has 2 aromatic carbocycles. The Labute approximate surface area is 213 Å². The quantitative estimate of drug-likeness (QED) is 0.349. The molecule has 1 fully saturated rings. The number of hydrogen-bond donors (Lipinski definition) is 2. The van der Waals surface area contributed by atoms with Gasteiger partial charge < -0.3 is 20.0 Å². The first-order valence-electron chi connectivity index (χ1n) is 11.2. The van der Waals surface area contributed by atoms with E-state index in [2.05, 4.69) is 21.0 Å². The van der Waals surface area contributed by atoms with Crippen molar-refractivity contribution in [3.05, 3.63) is 64.4 Å². The summed E-state index contributed by atoms with van der Waals surface area (Å²) in [6.45, 7) is 4.34. The van der Waals surface area contributed by atoms with E-state index in [1.165, 1.54) is 13.0 Å². The highest BCUT2D eigenvalue weighted by molar-refractivity contribution is 7.80. The average Bonchev–Trinajstić information content (AvgIpc) is 3.33. The lowest BCUT2D eigenvalue weighted by Crippen LogP contribution is -2.51. The van der Waals surface area contributed by atoms with Crippen molar-refractivity contribution in [2.45, 2.75) is 19.4 Å². The van der Waals surface area contributed by atoms with E-state index in [9.17, 15) is 9.18 Å². The van der Waals surface area contributed by atoms with Crippen molar-refractivity contribution in [1.29, 1.82) is 0 Å². The zero-order chi connectivity index (χ0) is 24.8. The van der Waals surface area contributed by atoms with Crippen molar-refractivity contribution < 1.29 is 14.0 Å². The molecule has 11 heteroatoms. The van der Waals surface area contributed by atoms with Crippen molar-refractivity contribution in [3.8, 4) is 0 Å². The van der Waals surface area contributed by atoms with Crippen LogP contribution in [-0.4, -0.2) is 66.7 Å². The fourth-order valence-corrected chi connectivity index (χ4v) is 4.29. The molecule has 1 amide bonds. The smallest absolute Gasteiger partial charge is 0.217 e. The first-order chi connectivity index (χ1) is 16.9. The predicted molar refractivity (Wildman–Crippen MR) is 140 cm³/mol. The van der Waals surface area contributed by atoms with Crippen LogP contribution in [0.5, 0.6) is 0 Å². The third-order valence-corrected chi connectivity index (χ3v) is 6.46. The van der Waals surface area contributed by atoms with Crippen LogP contribution in [0.15, 0.2) is 52.7 Å². The lowest BCUT2D eigenvalue weighted by atomic mass is 10.0. The minimum absolute atomic E-state index is 0.126. The van der Waals surface area contributed by atoms with Gasteiger partial charge in [-0.3, -0.25) is 10.2 Å². The second-order valence-electron chi connectivity index (χ2n) is 8.24. The van der Waals surface area contributed by atoms with E-state index in [0.29, 0.717) is 66.2 Å². The number of hydrazone groups is 1. The van der Waals surface area contributed by atoms with E-state index in [4.69, 9.17) is 28.7 Å². The van der Waals surface area contributed by atoms with Gasteiger partial charge in [0, 0.05) is 55.7 Å². The summed E-state index contributed by atoms with van der Waals surface area (Å²) >= 11 is 11.6. The maximum atomic E-state index is 15.0. The maximum Gasteiger partial charge on any atom is 0.217 e.